The van der Waals surface area contributed by atoms with Crippen LogP contribution in [0, 0.1) is 0 Å². The summed E-state index contributed by atoms with van der Waals surface area (Å²) in [5.41, 5.74) is 1.31. The summed E-state index contributed by atoms with van der Waals surface area (Å²) in [6.45, 7) is 8.35. The zero-order valence-electron chi connectivity index (χ0n) is 13.6. The number of nitrogens with zero attached hydrogens (tertiary/aromatic N) is 2. The van der Waals surface area contributed by atoms with Crippen LogP contribution in [0.3, 0.4) is 0 Å². The van der Waals surface area contributed by atoms with Crippen LogP contribution in [0.4, 0.5) is 0 Å². The first-order chi connectivity index (χ1) is 10.2. The summed E-state index contributed by atoms with van der Waals surface area (Å²) in [6.07, 6.45) is 1.05. The third-order valence-electron chi connectivity index (χ3n) is 4.09. The van der Waals surface area contributed by atoms with Gasteiger partial charge in [-0.05, 0) is 38.2 Å². The molecule has 21 heavy (non-hydrogen) atoms. The molecule has 1 N–H and O–H groups in total. The summed E-state index contributed by atoms with van der Waals surface area (Å²) in [6, 6.07) is 9.03. The lowest BCUT2D eigenvalue weighted by Crippen LogP contribution is -2.53. The molecule has 2 rings (SSSR count). The summed E-state index contributed by atoms with van der Waals surface area (Å²) in [5, 5.41) is 3.58. The van der Waals surface area contributed by atoms with E-state index in [-0.39, 0.29) is 0 Å². The molecule has 1 aliphatic rings. The van der Waals surface area contributed by atoms with Crippen molar-refractivity contribution in [2.24, 2.45) is 0 Å². The molecule has 0 saturated carbocycles. The fourth-order valence-corrected chi connectivity index (χ4v) is 2.63. The van der Waals surface area contributed by atoms with Crippen LogP contribution in [0.1, 0.15) is 18.9 Å². The zero-order chi connectivity index (χ0) is 15.1. The molecular formula is C17H29N3O. The molecule has 1 aliphatic heterocycles. The van der Waals surface area contributed by atoms with Gasteiger partial charge in [0.05, 0.1) is 6.61 Å². The third-order valence-corrected chi connectivity index (χ3v) is 4.09. The van der Waals surface area contributed by atoms with Crippen molar-refractivity contribution in [2.75, 3.05) is 46.9 Å². The first-order valence-corrected chi connectivity index (χ1v) is 8.00. The van der Waals surface area contributed by atoms with E-state index >= 15 is 0 Å². The van der Waals surface area contributed by atoms with Gasteiger partial charge >= 0.3 is 0 Å². The topological polar surface area (TPSA) is 27.7 Å². The van der Waals surface area contributed by atoms with Gasteiger partial charge in [0.2, 0.25) is 0 Å². The lowest BCUT2D eigenvalue weighted by atomic mass is 10.1. The molecule has 1 heterocycles. The second-order valence-corrected chi connectivity index (χ2v) is 6.02. The Kier molecular flexibility index (Phi) is 6.49. The highest BCUT2D eigenvalue weighted by molar-refractivity contribution is 5.27. The van der Waals surface area contributed by atoms with E-state index in [1.165, 1.54) is 12.1 Å². The van der Waals surface area contributed by atoms with Crippen LogP contribution >= 0.6 is 0 Å². The quantitative estimate of drug-likeness (QED) is 0.829. The van der Waals surface area contributed by atoms with Crippen molar-refractivity contribution in [3.8, 4) is 5.75 Å². The van der Waals surface area contributed by atoms with E-state index in [0.717, 1.165) is 45.0 Å². The number of hydrogen-bond donors (Lipinski definition) is 1. The van der Waals surface area contributed by atoms with Crippen molar-refractivity contribution in [1.29, 1.82) is 0 Å². The molecule has 0 amide bonds. The maximum atomic E-state index is 5.60. The van der Waals surface area contributed by atoms with Gasteiger partial charge in [0.15, 0.2) is 0 Å². The summed E-state index contributed by atoms with van der Waals surface area (Å²) >= 11 is 0. The zero-order valence-corrected chi connectivity index (χ0v) is 13.6. The lowest BCUT2D eigenvalue weighted by Gasteiger charge is -2.37. The number of piperazine rings is 1. The fourth-order valence-electron chi connectivity index (χ4n) is 2.63. The number of ether oxygens (including phenoxy) is 1. The Balaban J connectivity index is 1.72. The molecule has 118 valence electrons. The van der Waals surface area contributed by atoms with Gasteiger partial charge < -0.3 is 15.0 Å². The molecule has 4 heteroatoms. The largest absolute Gasteiger partial charge is 0.494 e. The minimum Gasteiger partial charge on any atom is -0.494 e. The highest BCUT2D eigenvalue weighted by Crippen LogP contribution is 2.12. The van der Waals surface area contributed by atoms with Crippen molar-refractivity contribution >= 4 is 0 Å². The molecule has 1 saturated heterocycles. The van der Waals surface area contributed by atoms with Crippen molar-refractivity contribution in [2.45, 2.75) is 25.9 Å². The van der Waals surface area contributed by atoms with Gasteiger partial charge in [-0.1, -0.05) is 19.1 Å². The van der Waals surface area contributed by atoms with Crippen LogP contribution in [-0.2, 0) is 6.54 Å². The van der Waals surface area contributed by atoms with Gasteiger partial charge in [-0.25, -0.2) is 0 Å². The maximum absolute atomic E-state index is 5.60. The SMILES string of the molecule is CCCOc1ccc(CNCC2CN(C)CCN2C)cc1. The molecule has 0 bridgehead atoms. The Hall–Kier alpha value is -1.10. The Labute approximate surface area is 129 Å². The minimum absolute atomic E-state index is 0.607. The molecular weight excluding hydrogens is 262 g/mol. The number of hydrogen-bond acceptors (Lipinski definition) is 4. The lowest BCUT2D eigenvalue weighted by molar-refractivity contribution is 0.113. The second-order valence-electron chi connectivity index (χ2n) is 6.02. The Morgan fingerprint density at radius 2 is 1.95 bits per heavy atom. The van der Waals surface area contributed by atoms with E-state index in [1.54, 1.807) is 0 Å². The van der Waals surface area contributed by atoms with Gasteiger partial charge in [0.25, 0.3) is 0 Å². The molecule has 0 radical (unpaired) electrons. The van der Waals surface area contributed by atoms with E-state index in [2.05, 4.69) is 60.4 Å². The maximum Gasteiger partial charge on any atom is 0.119 e. The van der Waals surface area contributed by atoms with Crippen LogP contribution < -0.4 is 10.1 Å². The first-order valence-electron chi connectivity index (χ1n) is 8.00. The average molecular weight is 291 g/mol. The van der Waals surface area contributed by atoms with Crippen LogP contribution in [0.2, 0.25) is 0 Å². The van der Waals surface area contributed by atoms with Crippen LogP contribution in [0.5, 0.6) is 5.75 Å². The number of benzene rings is 1. The van der Waals surface area contributed by atoms with E-state index < -0.39 is 0 Å². The van der Waals surface area contributed by atoms with E-state index in [1.807, 2.05) is 0 Å². The minimum atomic E-state index is 0.607. The van der Waals surface area contributed by atoms with E-state index in [4.69, 9.17) is 4.74 Å². The Morgan fingerprint density at radius 3 is 2.67 bits per heavy atom. The fraction of sp³-hybridized carbons (Fsp3) is 0.647. The van der Waals surface area contributed by atoms with Crippen molar-refractivity contribution in [1.82, 2.24) is 15.1 Å². The van der Waals surface area contributed by atoms with Crippen LogP contribution in [-0.4, -0.2) is 62.7 Å². The van der Waals surface area contributed by atoms with Crippen LogP contribution in [0.15, 0.2) is 24.3 Å². The molecule has 0 spiro atoms. The normalized spacial score (nSPS) is 20.6. The predicted octanol–water partition coefficient (Wildman–Crippen LogP) is 1.81. The number of nitrogens with one attached hydrogen (secondary N) is 1. The Bertz CT molecular complexity index is 407. The highest BCUT2D eigenvalue weighted by atomic mass is 16.5. The molecule has 1 atom stereocenters. The van der Waals surface area contributed by atoms with Crippen molar-refractivity contribution < 1.29 is 4.74 Å². The van der Waals surface area contributed by atoms with Crippen molar-refractivity contribution in [3.63, 3.8) is 0 Å². The number of likely N-dealkylation sites (N-methyl/N-ethyl adjacent to an activating group) is 2. The standard InChI is InChI=1S/C17H29N3O/c1-4-11-21-17-7-5-15(6-8-17)12-18-13-16-14-19(2)9-10-20(16)3/h5-8,16,18H,4,9-14H2,1-3H3. The predicted molar refractivity (Wildman–Crippen MR) is 87.8 cm³/mol. The third kappa shape index (κ3) is 5.30. The molecule has 1 aromatic carbocycles. The monoisotopic (exact) mass is 291 g/mol. The number of rotatable bonds is 7. The van der Waals surface area contributed by atoms with Gasteiger partial charge in [0.1, 0.15) is 5.75 Å². The van der Waals surface area contributed by atoms with Gasteiger partial charge in [-0.3, -0.25) is 4.90 Å². The molecule has 1 aromatic rings. The van der Waals surface area contributed by atoms with Crippen LogP contribution in [0.25, 0.3) is 0 Å². The molecule has 0 aromatic heterocycles. The second kappa shape index (κ2) is 8.37. The smallest absolute Gasteiger partial charge is 0.119 e. The Morgan fingerprint density at radius 1 is 1.19 bits per heavy atom. The first kappa shape index (κ1) is 16.3. The average Bonchev–Trinajstić information content (AvgIpc) is 2.50. The molecule has 1 fully saturated rings. The summed E-state index contributed by atoms with van der Waals surface area (Å²) in [5.74, 6) is 0.967. The van der Waals surface area contributed by atoms with E-state index in [0.29, 0.717) is 6.04 Å². The highest BCUT2D eigenvalue weighted by Gasteiger charge is 2.21. The van der Waals surface area contributed by atoms with E-state index in [9.17, 15) is 0 Å². The molecule has 4 nitrogen and oxygen atoms in total. The molecule has 0 aliphatic carbocycles. The van der Waals surface area contributed by atoms with Gasteiger partial charge in [0, 0.05) is 38.8 Å². The summed E-state index contributed by atoms with van der Waals surface area (Å²) in [4.78, 5) is 4.86. The van der Waals surface area contributed by atoms with Gasteiger partial charge in [-0.15, -0.1) is 0 Å². The van der Waals surface area contributed by atoms with Gasteiger partial charge in [-0.2, -0.15) is 0 Å². The summed E-state index contributed by atoms with van der Waals surface area (Å²) in [7, 11) is 4.42. The summed E-state index contributed by atoms with van der Waals surface area (Å²) < 4.78 is 5.60. The van der Waals surface area contributed by atoms with Crippen molar-refractivity contribution in [3.05, 3.63) is 29.8 Å². The molecule has 1 unspecified atom stereocenters.